The zero-order chi connectivity index (χ0) is 31.3. The molecular weight excluding hydrogens is 562 g/mol. The lowest BCUT2D eigenvalue weighted by Crippen LogP contribution is -2.28. The first-order valence-electron chi connectivity index (χ1n) is 15.6. The van der Waals surface area contributed by atoms with Gasteiger partial charge in [0.25, 0.3) is 0 Å². The van der Waals surface area contributed by atoms with E-state index in [0.29, 0.717) is 0 Å². The maximum absolute atomic E-state index is 13.5. The molecule has 1 aliphatic rings. The third-order valence-corrected chi connectivity index (χ3v) is 8.95. The predicted octanol–water partition coefficient (Wildman–Crippen LogP) is 10.3. The average molecular weight is 596 g/mol. The Bertz CT molecular complexity index is 2270. The Morgan fingerprint density at radius 2 is 1.17 bits per heavy atom. The van der Waals surface area contributed by atoms with Gasteiger partial charge in [0, 0.05) is 39.0 Å². The fourth-order valence-corrected chi connectivity index (χ4v) is 6.87. The first kappa shape index (κ1) is 27.8. The summed E-state index contributed by atoms with van der Waals surface area (Å²) in [6.07, 6.45) is 0. The standard InChI is InChI=1S/C42H33N3O/c1-27-11-9-14-30(25-27)43-39-24-22-33-32-16-4-6-18-35(32)42(46,40(33)41(39)44-31-15-10-12-28(2)26-31)36-19-7-5-17-34(36)38-23-21-29-13-3-8-20-37(29)45-38/h3-26,43-44,46H,1-2H3. The molecule has 6 aromatic carbocycles. The third kappa shape index (κ3) is 4.63. The number of aromatic nitrogens is 1. The number of aliphatic hydroxyl groups is 1. The number of hydrogen-bond acceptors (Lipinski definition) is 4. The minimum atomic E-state index is -1.48. The minimum absolute atomic E-state index is 0.781. The Balaban J connectivity index is 1.40. The molecule has 0 radical (unpaired) electrons. The van der Waals surface area contributed by atoms with Crippen molar-refractivity contribution in [1.82, 2.24) is 4.98 Å². The Hall–Kier alpha value is -5.71. The molecule has 7 aromatic rings. The lowest BCUT2D eigenvalue weighted by Gasteiger charge is -2.31. The van der Waals surface area contributed by atoms with Gasteiger partial charge in [-0.1, -0.05) is 103 Å². The van der Waals surface area contributed by atoms with Crippen LogP contribution >= 0.6 is 0 Å². The first-order valence-corrected chi connectivity index (χ1v) is 15.6. The third-order valence-electron chi connectivity index (χ3n) is 8.95. The van der Waals surface area contributed by atoms with Crippen molar-refractivity contribution in [3.8, 4) is 22.4 Å². The molecule has 46 heavy (non-hydrogen) atoms. The number of hydrogen-bond donors (Lipinski definition) is 3. The zero-order valence-corrected chi connectivity index (χ0v) is 25.8. The molecule has 1 aliphatic carbocycles. The van der Waals surface area contributed by atoms with E-state index in [4.69, 9.17) is 4.98 Å². The molecule has 0 fully saturated rings. The highest BCUT2D eigenvalue weighted by Gasteiger charge is 2.47. The zero-order valence-electron chi connectivity index (χ0n) is 25.8. The molecule has 1 heterocycles. The summed E-state index contributed by atoms with van der Waals surface area (Å²) >= 11 is 0. The maximum Gasteiger partial charge on any atom is 0.144 e. The molecule has 0 saturated carbocycles. The van der Waals surface area contributed by atoms with Gasteiger partial charge in [0.2, 0.25) is 0 Å². The van der Waals surface area contributed by atoms with Crippen molar-refractivity contribution in [1.29, 1.82) is 0 Å². The second kappa shape index (κ2) is 11.0. The van der Waals surface area contributed by atoms with Gasteiger partial charge < -0.3 is 15.7 Å². The summed E-state index contributed by atoms with van der Waals surface area (Å²) < 4.78 is 0. The van der Waals surface area contributed by atoms with Gasteiger partial charge in [0.1, 0.15) is 5.60 Å². The molecule has 222 valence electrons. The van der Waals surface area contributed by atoms with Crippen molar-refractivity contribution in [2.45, 2.75) is 19.4 Å². The Labute approximate surface area is 269 Å². The van der Waals surface area contributed by atoms with Crippen LogP contribution in [-0.2, 0) is 5.60 Å². The van der Waals surface area contributed by atoms with Crippen molar-refractivity contribution >= 4 is 33.7 Å². The SMILES string of the molecule is Cc1cccc(Nc2ccc3c(c2Nc2cccc(C)c2)C(O)(c2ccccc2-c2ccc4ccccc4n2)c2ccccc2-3)c1. The molecule has 3 N–H and O–H groups in total. The Morgan fingerprint density at radius 3 is 1.91 bits per heavy atom. The quantitative estimate of drug-likeness (QED) is 0.179. The summed E-state index contributed by atoms with van der Waals surface area (Å²) in [6.45, 7) is 4.18. The molecule has 0 spiro atoms. The van der Waals surface area contributed by atoms with Gasteiger partial charge >= 0.3 is 0 Å². The van der Waals surface area contributed by atoms with Gasteiger partial charge in [-0.3, -0.25) is 0 Å². The number of anilines is 4. The van der Waals surface area contributed by atoms with Crippen molar-refractivity contribution in [3.63, 3.8) is 0 Å². The van der Waals surface area contributed by atoms with Crippen LogP contribution in [0.4, 0.5) is 22.7 Å². The molecule has 8 rings (SSSR count). The van der Waals surface area contributed by atoms with E-state index in [2.05, 4.69) is 109 Å². The van der Waals surface area contributed by atoms with E-state index in [9.17, 15) is 5.11 Å². The second-order valence-corrected chi connectivity index (χ2v) is 12.1. The van der Waals surface area contributed by atoms with E-state index >= 15 is 0 Å². The molecular formula is C42H33N3O. The number of benzene rings is 6. The van der Waals surface area contributed by atoms with Crippen molar-refractivity contribution in [2.24, 2.45) is 0 Å². The largest absolute Gasteiger partial charge is 0.376 e. The number of rotatable bonds is 6. The Morgan fingerprint density at radius 1 is 0.543 bits per heavy atom. The summed E-state index contributed by atoms with van der Waals surface area (Å²) in [6, 6.07) is 49.5. The molecule has 0 amide bonds. The van der Waals surface area contributed by atoms with E-state index in [1.54, 1.807) is 0 Å². The number of nitrogens with one attached hydrogen (secondary N) is 2. The predicted molar refractivity (Wildman–Crippen MR) is 190 cm³/mol. The van der Waals surface area contributed by atoms with Crippen molar-refractivity contribution in [2.75, 3.05) is 10.6 Å². The summed E-state index contributed by atoms with van der Waals surface area (Å²) in [4.78, 5) is 5.06. The molecule has 0 bridgehead atoms. The number of para-hydroxylation sites is 1. The molecule has 4 heteroatoms. The van der Waals surface area contributed by atoms with E-state index < -0.39 is 5.60 Å². The first-order chi connectivity index (χ1) is 22.5. The van der Waals surface area contributed by atoms with Crippen LogP contribution in [0.5, 0.6) is 0 Å². The van der Waals surface area contributed by atoms with Crippen LogP contribution in [0.3, 0.4) is 0 Å². The number of fused-ring (bicyclic) bond motifs is 4. The van der Waals surface area contributed by atoms with Gasteiger partial charge in [0.15, 0.2) is 0 Å². The number of nitrogens with zero attached hydrogens (tertiary/aromatic N) is 1. The normalized spacial score (nSPS) is 14.9. The summed E-state index contributed by atoms with van der Waals surface area (Å²) in [5, 5.41) is 22.0. The highest BCUT2D eigenvalue weighted by atomic mass is 16.3. The maximum atomic E-state index is 13.5. The van der Waals surface area contributed by atoms with E-state index in [-0.39, 0.29) is 0 Å². The second-order valence-electron chi connectivity index (χ2n) is 12.1. The van der Waals surface area contributed by atoms with Gasteiger partial charge in [-0.05, 0) is 78.6 Å². The lowest BCUT2D eigenvalue weighted by molar-refractivity contribution is 0.132. The van der Waals surface area contributed by atoms with Crippen LogP contribution < -0.4 is 10.6 Å². The topological polar surface area (TPSA) is 57.2 Å². The van der Waals surface area contributed by atoms with E-state index in [1.807, 2.05) is 60.7 Å². The van der Waals surface area contributed by atoms with Crippen LogP contribution in [0.1, 0.15) is 27.8 Å². The molecule has 0 saturated heterocycles. The van der Waals surface area contributed by atoms with Crippen LogP contribution in [0, 0.1) is 13.8 Å². The highest BCUT2D eigenvalue weighted by Crippen LogP contribution is 2.57. The minimum Gasteiger partial charge on any atom is -0.376 e. The monoisotopic (exact) mass is 595 g/mol. The average Bonchev–Trinajstić information content (AvgIpc) is 3.34. The van der Waals surface area contributed by atoms with Gasteiger partial charge in [-0.2, -0.15) is 0 Å². The van der Waals surface area contributed by atoms with Crippen molar-refractivity contribution < 1.29 is 5.11 Å². The van der Waals surface area contributed by atoms with Crippen molar-refractivity contribution in [3.05, 3.63) is 173 Å². The number of aryl methyl sites for hydroxylation is 2. The summed E-state index contributed by atoms with van der Waals surface area (Å²) in [7, 11) is 0. The van der Waals surface area contributed by atoms with Gasteiger partial charge in [-0.25, -0.2) is 4.98 Å². The molecule has 1 unspecified atom stereocenters. The molecule has 1 aromatic heterocycles. The van der Waals surface area contributed by atoms with Crippen LogP contribution in [0.2, 0.25) is 0 Å². The fraction of sp³-hybridized carbons (Fsp3) is 0.0714. The molecule has 0 aliphatic heterocycles. The fourth-order valence-electron chi connectivity index (χ4n) is 6.87. The smallest absolute Gasteiger partial charge is 0.144 e. The van der Waals surface area contributed by atoms with Gasteiger partial charge in [0.05, 0.1) is 22.6 Å². The lowest BCUT2D eigenvalue weighted by atomic mass is 9.80. The summed E-state index contributed by atoms with van der Waals surface area (Å²) in [5.41, 5.74) is 11.5. The highest BCUT2D eigenvalue weighted by molar-refractivity contribution is 5.95. The van der Waals surface area contributed by atoms with Crippen LogP contribution in [-0.4, -0.2) is 10.1 Å². The molecule has 4 nitrogen and oxygen atoms in total. The van der Waals surface area contributed by atoms with E-state index in [1.165, 1.54) is 5.56 Å². The summed E-state index contributed by atoms with van der Waals surface area (Å²) in [5.74, 6) is 0. The van der Waals surface area contributed by atoms with Crippen LogP contribution in [0.25, 0.3) is 33.3 Å². The molecule has 1 atom stereocenters. The van der Waals surface area contributed by atoms with Crippen LogP contribution in [0.15, 0.2) is 146 Å². The van der Waals surface area contributed by atoms with Gasteiger partial charge in [-0.15, -0.1) is 0 Å². The number of pyridine rings is 1. The van der Waals surface area contributed by atoms with E-state index in [0.717, 1.165) is 78.3 Å². The Kier molecular flexibility index (Phi) is 6.66.